The molecule has 0 saturated heterocycles. The molecule has 0 unspecified atom stereocenters. The fourth-order valence-electron chi connectivity index (χ4n) is 2.19. The maximum absolute atomic E-state index is 11.9. The molecule has 2 aromatic rings. The number of sulfone groups is 1. The van der Waals surface area contributed by atoms with Crippen molar-refractivity contribution < 1.29 is 27.5 Å². The second-order valence-electron chi connectivity index (χ2n) is 5.79. The van der Waals surface area contributed by atoms with Crippen LogP contribution in [0.4, 0.5) is 5.69 Å². The molecular weight excluding hydrogens is 382 g/mol. The van der Waals surface area contributed by atoms with E-state index in [2.05, 4.69) is 5.32 Å². The Hall–Kier alpha value is -3.13. The first kappa shape index (κ1) is 21.2. The number of carbonyl (C=O) groups excluding carboxylic acids is 2. The highest BCUT2D eigenvalue weighted by molar-refractivity contribution is 7.90. The summed E-state index contributed by atoms with van der Waals surface area (Å²) in [5.41, 5.74) is 1.08. The minimum absolute atomic E-state index is 0.0839. The van der Waals surface area contributed by atoms with Crippen molar-refractivity contribution in [3.05, 3.63) is 60.2 Å². The molecule has 0 heterocycles. The van der Waals surface area contributed by atoms with Crippen molar-refractivity contribution in [3.8, 4) is 5.75 Å². The van der Waals surface area contributed by atoms with E-state index in [1.807, 2.05) is 6.92 Å². The summed E-state index contributed by atoms with van der Waals surface area (Å²) in [7, 11) is -3.38. The molecule has 0 aliphatic rings. The summed E-state index contributed by atoms with van der Waals surface area (Å²) in [5, 5.41) is 2.48. The summed E-state index contributed by atoms with van der Waals surface area (Å²) in [4.78, 5) is 23.7. The Bertz CT molecular complexity index is 964. The number of benzene rings is 2. The molecule has 2 rings (SSSR count). The number of nitrogens with one attached hydrogen (secondary N) is 1. The largest absolute Gasteiger partial charge is 0.494 e. The molecule has 1 amide bonds. The van der Waals surface area contributed by atoms with Gasteiger partial charge in [0.2, 0.25) is 0 Å². The fraction of sp³-hybridized carbons (Fsp3) is 0.200. The second kappa shape index (κ2) is 9.70. The topological polar surface area (TPSA) is 98.8 Å². The molecular formula is C20H21NO6S. The number of ether oxygens (including phenoxy) is 2. The Morgan fingerprint density at radius 3 is 2.46 bits per heavy atom. The van der Waals surface area contributed by atoms with Crippen LogP contribution in [0.2, 0.25) is 0 Å². The van der Waals surface area contributed by atoms with E-state index in [0.29, 0.717) is 12.3 Å². The predicted octanol–water partition coefficient (Wildman–Crippen LogP) is 2.68. The average molecular weight is 403 g/mol. The molecule has 7 nitrogen and oxygen atoms in total. The number of rotatable bonds is 8. The van der Waals surface area contributed by atoms with Gasteiger partial charge in [-0.3, -0.25) is 4.79 Å². The third kappa shape index (κ3) is 6.88. The summed E-state index contributed by atoms with van der Waals surface area (Å²) in [6.45, 7) is 1.97. The average Bonchev–Trinajstić information content (AvgIpc) is 2.65. The number of anilines is 1. The molecule has 0 spiro atoms. The van der Waals surface area contributed by atoms with E-state index in [1.165, 1.54) is 24.3 Å². The van der Waals surface area contributed by atoms with E-state index < -0.39 is 28.3 Å². The standard InChI is InChI=1S/C20H21NO6S/c1-3-26-17-10-7-15(8-11-17)9-12-20(23)27-14-19(22)21-16-5-4-6-18(13-16)28(2,24)25/h4-13H,3,14H2,1-2H3,(H,21,22)/b12-9+. The zero-order chi connectivity index (χ0) is 20.6. The van der Waals surface area contributed by atoms with Crippen LogP contribution in [0.1, 0.15) is 12.5 Å². The number of hydrogen-bond acceptors (Lipinski definition) is 6. The van der Waals surface area contributed by atoms with Crippen LogP contribution in [0.25, 0.3) is 6.08 Å². The molecule has 1 N–H and O–H groups in total. The monoisotopic (exact) mass is 403 g/mol. The zero-order valence-electron chi connectivity index (χ0n) is 15.5. The molecule has 8 heteroatoms. The molecule has 0 radical (unpaired) electrons. The minimum Gasteiger partial charge on any atom is -0.494 e. The van der Waals surface area contributed by atoms with Gasteiger partial charge in [0.25, 0.3) is 5.91 Å². The Morgan fingerprint density at radius 2 is 1.82 bits per heavy atom. The summed E-state index contributed by atoms with van der Waals surface area (Å²) < 4.78 is 33.3. The second-order valence-corrected chi connectivity index (χ2v) is 7.81. The first-order valence-corrected chi connectivity index (χ1v) is 10.3. The van der Waals surface area contributed by atoms with E-state index in [4.69, 9.17) is 9.47 Å². The lowest BCUT2D eigenvalue weighted by Gasteiger charge is -2.07. The molecule has 0 bridgehead atoms. The third-order valence-corrected chi connectivity index (χ3v) is 4.60. The van der Waals surface area contributed by atoms with Gasteiger partial charge in [0.05, 0.1) is 11.5 Å². The van der Waals surface area contributed by atoms with Crippen LogP contribution in [0.15, 0.2) is 59.5 Å². The smallest absolute Gasteiger partial charge is 0.331 e. The maximum Gasteiger partial charge on any atom is 0.331 e. The van der Waals surface area contributed by atoms with Crippen LogP contribution in [-0.4, -0.2) is 39.8 Å². The molecule has 0 aliphatic heterocycles. The van der Waals surface area contributed by atoms with E-state index in [9.17, 15) is 18.0 Å². The van der Waals surface area contributed by atoms with Gasteiger partial charge in [-0.2, -0.15) is 0 Å². The molecule has 0 aromatic heterocycles. The van der Waals surface area contributed by atoms with Gasteiger partial charge >= 0.3 is 5.97 Å². The third-order valence-electron chi connectivity index (χ3n) is 3.49. The van der Waals surface area contributed by atoms with E-state index in [-0.39, 0.29) is 4.90 Å². The molecule has 0 atom stereocenters. The van der Waals surface area contributed by atoms with Gasteiger partial charge in [0, 0.05) is 18.0 Å². The lowest BCUT2D eigenvalue weighted by Crippen LogP contribution is -2.20. The molecule has 28 heavy (non-hydrogen) atoms. The number of hydrogen-bond donors (Lipinski definition) is 1. The quantitative estimate of drug-likeness (QED) is 0.537. The van der Waals surface area contributed by atoms with E-state index in [1.54, 1.807) is 36.4 Å². The number of amides is 1. The van der Waals surface area contributed by atoms with E-state index in [0.717, 1.165) is 17.6 Å². The molecule has 0 fully saturated rings. The summed E-state index contributed by atoms with van der Waals surface area (Å²) >= 11 is 0. The summed E-state index contributed by atoms with van der Waals surface area (Å²) in [5.74, 6) is -0.513. The normalized spacial score (nSPS) is 11.2. The highest BCUT2D eigenvalue weighted by Gasteiger charge is 2.10. The number of esters is 1. The van der Waals surface area contributed by atoms with Crippen LogP contribution < -0.4 is 10.1 Å². The van der Waals surface area contributed by atoms with Gasteiger partial charge in [0.15, 0.2) is 16.4 Å². The van der Waals surface area contributed by atoms with E-state index >= 15 is 0 Å². The Labute approximate surface area is 163 Å². The lowest BCUT2D eigenvalue weighted by atomic mass is 10.2. The first-order valence-electron chi connectivity index (χ1n) is 8.45. The van der Waals surface area contributed by atoms with Crippen LogP contribution in [0, 0.1) is 0 Å². The Balaban J connectivity index is 1.84. The van der Waals surface area contributed by atoms with Crippen molar-refractivity contribution in [1.82, 2.24) is 0 Å². The highest BCUT2D eigenvalue weighted by atomic mass is 32.2. The van der Waals surface area contributed by atoms with Gasteiger partial charge in [-0.1, -0.05) is 18.2 Å². The van der Waals surface area contributed by atoms with Gasteiger partial charge in [0.1, 0.15) is 5.75 Å². The number of carbonyl (C=O) groups is 2. The van der Waals surface area contributed by atoms with Crippen LogP contribution in [0.3, 0.4) is 0 Å². The predicted molar refractivity (Wildman–Crippen MR) is 106 cm³/mol. The zero-order valence-corrected chi connectivity index (χ0v) is 16.4. The van der Waals surface area contributed by atoms with Crippen molar-refractivity contribution in [2.45, 2.75) is 11.8 Å². The summed E-state index contributed by atoms with van der Waals surface area (Å²) in [6.07, 6.45) is 3.85. The van der Waals surface area contributed by atoms with Crippen LogP contribution >= 0.6 is 0 Å². The maximum atomic E-state index is 11.9. The minimum atomic E-state index is -3.38. The van der Waals surface area contributed by atoms with Crippen molar-refractivity contribution in [3.63, 3.8) is 0 Å². The van der Waals surface area contributed by atoms with Gasteiger partial charge in [-0.05, 0) is 48.9 Å². The fourth-order valence-corrected chi connectivity index (χ4v) is 2.86. The lowest BCUT2D eigenvalue weighted by molar-refractivity contribution is -0.142. The van der Waals surface area contributed by atoms with Crippen molar-refractivity contribution in [2.75, 3.05) is 24.8 Å². The Kier molecular flexibility index (Phi) is 7.34. The SMILES string of the molecule is CCOc1ccc(/C=C/C(=O)OCC(=O)Nc2cccc(S(C)(=O)=O)c2)cc1. The molecule has 0 aliphatic carbocycles. The molecule has 148 valence electrons. The van der Waals surface area contributed by atoms with Crippen molar-refractivity contribution in [2.24, 2.45) is 0 Å². The first-order chi connectivity index (χ1) is 13.3. The Morgan fingerprint density at radius 1 is 1.11 bits per heavy atom. The van der Waals surface area contributed by atoms with Gasteiger partial charge < -0.3 is 14.8 Å². The van der Waals surface area contributed by atoms with Crippen molar-refractivity contribution >= 4 is 33.5 Å². The summed E-state index contributed by atoms with van der Waals surface area (Å²) in [6, 6.07) is 13.0. The van der Waals surface area contributed by atoms with Crippen LogP contribution in [-0.2, 0) is 24.2 Å². The molecule has 2 aromatic carbocycles. The van der Waals surface area contributed by atoms with Crippen molar-refractivity contribution in [1.29, 1.82) is 0 Å². The van der Waals surface area contributed by atoms with Gasteiger partial charge in [-0.25, -0.2) is 13.2 Å². The highest BCUT2D eigenvalue weighted by Crippen LogP contribution is 2.15. The molecule has 0 saturated carbocycles. The van der Waals surface area contributed by atoms with Gasteiger partial charge in [-0.15, -0.1) is 0 Å². The van der Waals surface area contributed by atoms with Crippen LogP contribution in [0.5, 0.6) is 5.75 Å².